The number of carbonyl (C=O) groups excluding carboxylic acids is 1. The number of amides is 1. The standard InChI is InChI=1S/C23H34N6O.HI/c1-17-15-18(2)29(28-17)21-12-8-7-9-19(21)16-26-23(24-3)25-14-13-22(30)27-20-10-5-4-6-11-20;/h7-9,12,15,20H,4-6,10-11,13-14,16H2,1-3H3,(H,27,30)(H2,24,25,26);1H. The van der Waals surface area contributed by atoms with Gasteiger partial charge in [0.25, 0.3) is 0 Å². The van der Waals surface area contributed by atoms with E-state index in [9.17, 15) is 4.79 Å². The number of nitrogens with one attached hydrogen (secondary N) is 3. The zero-order valence-electron chi connectivity index (χ0n) is 18.8. The Bertz CT molecular complexity index is 873. The maximum Gasteiger partial charge on any atom is 0.221 e. The third-order valence-corrected chi connectivity index (χ3v) is 5.51. The van der Waals surface area contributed by atoms with Gasteiger partial charge in [0.1, 0.15) is 0 Å². The highest BCUT2D eigenvalue weighted by molar-refractivity contribution is 14.0. The average molecular weight is 538 g/mol. The van der Waals surface area contributed by atoms with Crippen LogP contribution in [0.4, 0.5) is 0 Å². The molecular formula is C23H35IN6O. The molecular weight excluding hydrogens is 503 g/mol. The van der Waals surface area contributed by atoms with E-state index in [0.717, 1.165) is 35.5 Å². The molecule has 0 unspecified atom stereocenters. The van der Waals surface area contributed by atoms with Gasteiger partial charge in [0.2, 0.25) is 5.91 Å². The third-order valence-electron chi connectivity index (χ3n) is 5.51. The van der Waals surface area contributed by atoms with Crippen LogP contribution in [0.2, 0.25) is 0 Å². The van der Waals surface area contributed by atoms with Gasteiger partial charge in [-0.05, 0) is 44.4 Å². The molecule has 0 atom stereocenters. The van der Waals surface area contributed by atoms with E-state index in [-0.39, 0.29) is 29.9 Å². The van der Waals surface area contributed by atoms with Gasteiger partial charge in [0.15, 0.2) is 5.96 Å². The van der Waals surface area contributed by atoms with Crippen LogP contribution in [0.3, 0.4) is 0 Å². The van der Waals surface area contributed by atoms with Crippen LogP contribution in [-0.4, -0.2) is 41.3 Å². The zero-order chi connectivity index (χ0) is 21.3. The Labute approximate surface area is 202 Å². The van der Waals surface area contributed by atoms with Crippen molar-refractivity contribution in [3.8, 4) is 5.69 Å². The van der Waals surface area contributed by atoms with E-state index in [0.29, 0.717) is 31.5 Å². The van der Waals surface area contributed by atoms with E-state index < -0.39 is 0 Å². The van der Waals surface area contributed by atoms with Crippen LogP contribution in [0.5, 0.6) is 0 Å². The first-order valence-electron chi connectivity index (χ1n) is 10.9. The summed E-state index contributed by atoms with van der Waals surface area (Å²) in [5.74, 6) is 0.795. The van der Waals surface area contributed by atoms with Crippen molar-refractivity contribution in [2.24, 2.45) is 4.99 Å². The number of benzene rings is 1. The molecule has 1 aliphatic carbocycles. The van der Waals surface area contributed by atoms with Crippen molar-refractivity contribution in [3.63, 3.8) is 0 Å². The van der Waals surface area contributed by atoms with Crippen molar-refractivity contribution in [2.75, 3.05) is 13.6 Å². The Morgan fingerprint density at radius 2 is 1.90 bits per heavy atom. The lowest BCUT2D eigenvalue weighted by Gasteiger charge is -2.22. The van der Waals surface area contributed by atoms with Crippen LogP contribution in [0.1, 0.15) is 55.5 Å². The number of aryl methyl sites for hydroxylation is 2. The Morgan fingerprint density at radius 1 is 1.16 bits per heavy atom. The smallest absolute Gasteiger partial charge is 0.221 e. The molecule has 1 heterocycles. The van der Waals surface area contributed by atoms with E-state index in [1.807, 2.05) is 23.7 Å². The average Bonchev–Trinajstić information content (AvgIpc) is 3.09. The maximum atomic E-state index is 12.2. The summed E-state index contributed by atoms with van der Waals surface area (Å²) in [4.78, 5) is 16.5. The quantitative estimate of drug-likeness (QED) is 0.286. The van der Waals surface area contributed by atoms with E-state index >= 15 is 0 Å². The number of rotatable bonds is 7. The summed E-state index contributed by atoms with van der Waals surface area (Å²) in [7, 11) is 1.74. The lowest BCUT2D eigenvalue weighted by atomic mass is 9.95. The Balaban J connectivity index is 0.00000341. The molecule has 0 spiro atoms. The number of halogens is 1. The zero-order valence-corrected chi connectivity index (χ0v) is 21.1. The van der Waals surface area contributed by atoms with Crippen LogP contribution in [0, 0.1) is 13.8 Å². The number of hydrogen-bond donors (Lipinski definition) is 3. The van der Waals surface area contributed by atoms with Gasteiger partial charge in [0.05, 0.1) is 11.4 Å². The second kappa shape index (κ2) is 12.7. The SMILES string of the molecule is CN=C(NCCC(=O)NC1CCCCC1)NCc1ccccc1-n1nc(C)cc1C.I. The molecule has 0 bridgehead atoms. The van der Waals surface area contributed by atoms with Gasteiger partial charge in [-0.15, -0.1) is 24.0 Å². The van der Waals surface area contributed by atoms with E-state index in [1.54, 1.807) is 7.05 Å². The molecule has 0 radical (unpaired) electrons. The lowest BCUT2D eigenvalue weighted by Crippen LogP contribution is -2.41. The Kier molecular flexibility index (Phi) is 10.3. The first-order chi connectivity index (χ1) is 14.6. The fraction of sp³-hybridized carbons (Fsp3) is 0.522. The summed E-state index contributed by atoms with van der Waals surface area (Å²) in [5.41, 5.74) is 4.28. The van der Waals surface area contributed by atoms with E-state index in [1.165, 1.54) is 19.3 Å². The molecule has 2 aromatic rings. The normalized spacial score (nSPS) is 14.6. The summed E-state index contributed by atoms with van der Waals surface area (Å²) >= 11 is 0. The molecule has 0 saturated heterocycles. The molecule has 0 aliphatic heterocycles. The minimum atomic E-state index is 0. The molecule has 7 nitrogen and oxygen atoms in total. The minimum Gasteiger partial charge on any atom is -0.356 e. The third kappa shape index (κ3) is 7.52. The minimum absolute atomic E-state index is 0. The highest BCUT2D eigenvalue weighted by atomic mass is 127. The number of aromatic nitrogens is 2. The van der Waals surface area contributed by atoms with Crippen LogP contribution < -0.4 is 16.0 Å². The van der Waals surface area contributed by atoms with Crippen molar-refractivity contribution in [2.45, 2.75) is 65.0 Å². The molecule has 8 heteroatoms. The molecule has 1 amide bonds. The molecule has 3 N–H and O–H groups in total. The van der Waals surface area contributed by atoms with Gasteiger partial charge in [0, 0.05) is 38.3 Å². The molecule has 170 valence electrons. The summed E-state index contributed by atoms with van der Waals surface area (Å²) in [5, 5.41) is 14.3. The molecule has 1 aromatic carbocycles. The van der Waals surface area contributed by atoms with Crippen molar-refractivity contribution < 1.29 is 4.79 Å². The van der Waals surface area contributed by atoms with Gasteiger partial charge >= 0.3 is 0 Å². The van der Waals surface area contributed by atoms with E-state index in [4.69, 9.17) is 0 Å². The number of para-hydroxylation sites is 1. The number of guanidine groups is 1. The number of nitrogens with zero attached hydrogens (tertiary/aromatic N) is 3. The predicted octanol–water partition coefficient (Wildman–Crippen LogP) is 3.61. The van der Waals surface area contributed by atoms with Crippen LogP contribution >= 0.6 is 24.0 Å². The molecule has 3 rings (SSSR count). The van der Waals surface area contributed by atoms with Crippen LogP contribution in [0.15, 0.2) is 35.3 Å². The lowest BCUT2D eigenvalue weighted by molar-refractivity contribution is -0.121. The predicted molar refractivity (Wildman–Crippen MR) is 136 cm³/mol. The topological polar surface area (TPSA) is 83.3 Å². The van der Waals surface area contributed by atoms with Crippen molar-refractivity contribution >= 4 is 35.8 Å². The molecule has 1 aromatic heterocycles. The van der Waals surface area contributed by atoms with E-state index in [2.05, 4.69) is 51.2 Å². The van der Waals surface area contributed by atoms with Gasteiger partial charge in [-0.2, -0.15) is 5.10 Å². The molecule has 1 fully saturated rings. The fourth-order valence-electron chi connectivity index (χ4n) is 3.98. The Morgan fingerprint density at radius 3 is 2.58 bits per heavy atom. The largest absolute Gasteiger partial charge is 0.356 e. The van der Waals surface area contributed by atoms with Crippen LogP contribution in [0.25, 0.3) is 5.69 Å². The van der Waals surface area contributed by atoms with Crippen molar-refractivity contribution in [3.05, 3.63) is 47.3 Å². The summed E-state index contributed by atoms with van der Waals surface area (Å²) < 4.78 is 1.97. The van der Waals surface area contributed by atoms with Gasteiger partial charge in [-0.3, -0.25) is 9.79 Å². The number of carbonyl (C=O) groups is 1. The maximum absolute atomic E-state index is 12.2. The number of hydrogen-bond acceptors (Lipinski definition) is 3. The highest BCUT2D eigenvalue weighted by Gasteiger charge is 2.15. The second-order valence-corrected chi connectivity index (χ2v) is 7.97. The fourth-order valence-corrected chi connectivity index (χ4v) is 3.98. The molecule has 31 heavy (non-hydrogen) atoms. The van der Waals surface area contributed by atoms with Gasteiger partial charge < -0.3 is 16.0 Å². The van der Waals surface area contributed by atoms with Gasteiger partial charge in [-0.25, -0.2) is 4.68 Å². The summed E-state index contributed by atoms with van der Waals surface area (Å²) in [6.45, 7) is 5.23. The van der Waals surface area contributed by atoms with Crippen LogP contribution in [-0.2, 0) is 11.3 Å². The first kappa shape index (κ1) is 25.2. The first-order valence-corrected chi connectivity index (χ1v) is 10.9. The monoisotopic (exact) mass is 538 g/mol. The van der Waals surface area contributed by atoms with Crippen molar-refractivity contribution in [1.82, 2.24) is 25.7 Å². The summed E-state index contributed by atoms with van der Waals surface area (Å²) in [6.07, 6.45) is 6.39. The van der Waals surface area contributed by atoms with Crippen molar-refractivity contribution in [1.29, 1.82) is 0 Å². The Hall–Kier alpha value is -2.10. The van der Waals surface area contributed by atoms with Gasteiger partial charge in [-0.1, -0.05) is 37.5 Å². The second-order valence-electron chi connectivity index (χ2n) is 7.97. The molecule has 1 aliphatic rings. The molecule has 1 saturated carbocycles. The number of aliphatic imine (C=N–C) groups is 1. The highest BCUT2D eigenvalue weighted by Crippen LogP contribution is 2.18. The summed E-state index contributed by atoms with van der Waals surface area (Å²) in [6, 6.07) is 10.6.